The molecule has 32 heavy (non-hydrogen) atoms. The highest BCUT2D eigenvalue weighted by molar-refractivity contribution is 5.63. The van der Waals surface area contributed by atoms with Crippen LogP contribution in [0.2, 0.25) is 0 Å². The van der Waals surface area contributed by atoms with Crippen LogP contribution in [0.25, 0.3) is 11.3 Å². The first kappa shape index (κ1) is 21.8. The molecular formula is C22H21F4N5O. The Hall–Kier alpha value is -3.40. The van der Waals surface area contributed by atoms with Crippen molar-refractivity contribution in [2.24, 2.45) is 5.73 Å². The molecule has 0 spiro atoms. The number of benzene rings is 2. The van der Waals surface area contributed by atoms with E-state index in [1.165, 1.54) is 24.3 Å². The smallest absolute Gasteiger partial charge is 0.406 e. The number of ether oxygens (including phenoxy) is 1. The van der Waals surface area contributed by atoms with E-state index < -0.39 is 6.36 Å². The van der Waals surface area contributed by atoms with E-state index in [0.717, 1.165) is 0 Å². The van der Waals surface area contributed by atoms with Gasteiger partial charge in [-0.05, 0) is 30.3 Å². The van der Waals surface area contributed by atoms with Crippen molar-refractivity contribution in [3.63, 3.8) is 0 Å². The fourth-order valence-electron chi connectivity index (χ4n) is 3.59. The number of nitrogens with zero attached hydrogens (tertiary/aromatic N) is 4. The first-order chi connectivity index (χ1) is 15.3. The Balaban J connectivity index is 1.56. The average molecular weight is 447 g/mol. The third kappa shape index (κ3) is 5.08. The lowest BCUT2D eigenvalue weighted by Gasteiger charge is -2.36. The molecule has 0 atom stereocenters. The van der Waals surface area contributed by atoms with Gasteiger partial charge in [-0.25, -0.2) is 14.4 Å². The molecule has 1 aliphatic heterocycles. The summed E-state index contributed by atoms with van der Waals surface area (Å²) < 4.78 is 55.9. The summed E-state index contributed by atoms with van der Waals surface area (Å²) in [5, 5.41) is 0. The Bertz CT molecular complexity index is 1080. The van der Waals surface area contributed by atoms with Gasteiger partial charge in [0.25, 0.3) is 0 Å². The quantitative estimate of drug-likeness (QED) is 0.597. The molecule has 6 nitrogen and oxygen atoms in total. The minimum atomic E-state index is -4.78. The SMILES string of the molecule is NCc1cc(-c2cccc(OC(F)(F)F)c2)nc(N2CCN(c3ccccc3F)CC2)n1. The van der Waals surface area contributed by atoms with Crippen molar-refractivity contribution in [3.8, 4) is 17.0 Å². The summed E-state index contributed by atoms with van der Waals surface area (Å²) in [6, 6.07) is 13.9. The highest BCUT2D eigenvalue weighted by Gasteiger charge is 2.31. The normalized spacial score (nSPS) is 14.5. The Morgan fingerprint density at radius 3 is 2.31 bits per heavy atom. The summed E-state index contributed by atoms with van der Waals surface area (Å²) in [5.74, 6) is -0.174. The number of halogens is 4. The van der Waals surface area contributed by atoms with Crippen LogP contribution in [0.5, 0.6) is 5.75 Å². The van der Waals surface area contributed by atoms with E-state index >= 15 is 0 Å². The van der Waals surface area contributed by atoms with Crippen molar-refractivity contribution in [2.75, 3.05) is 36.0 Å². The van der Waals surface area contributed by atoms with Crippen molar-refractivity contribution < 1.29 is 22.3 Å². The van der Waals surface area contributed by atoms with Crippen molar-refractivity contribution in [1.82, 2.24) is 9.97 Å². The van der Waals surface area contributed by atoms with E-state index in [2.05, 4.69) is 14.7 Å². The first-order valence-electron chi connectivity index (χ1n) is 10.0. The number of para-hydroxylation sites is 1. The zero-order valence-electron chi connectivity index (χ0n) is 17.0. The zero-order chi connectivity index (χ0) is 22.7. The second-order valence-electron chi connectivity index (χ2n) is 7.25. The molecule has 2 heterocycles. The molecule has 1 aromatic heterocycles. The van der Waals surface area contributed by atoms with E-state index in [4.69, 9.17) is 5.73 Å². The van der Waals surface area contributed by atoms with Gasteiger partial charge in [0.05, 0.1) is 17.1 Å². The number of aromatic nitrogens is 2. The largest absolute Gasteiger partial charge is 0.573 e. The molecule has 0 radical (unpaired) electrons. The second kappa shape index (κ2) is 8.99. The third-order valence-corrected chi connectivity index (χ3v) is 5.10. The molecule has 0 aliphatic carbocycles. The van der Waals surface area contributed by atoms with Crippen LogP contribution in [0.4, 0.5) is 29.2 Å². The molecule has 0 bridgehead atoms. The minimum Gasteiger partial charge on any atom is -0.406 e. The monoisotopic (exact) mass is 447 g/mol. The van der Waals surface area contributed by atoms with Crippen molar-refractivity contribution >= 4 is 11.6 Å². The lowest BCUT2D eigenvalue weighted by molar-refractivity contribution is -0.274. The predicted molar refractivity (Wildman–Crippen MR) is 113 cm³/mol. The summed E-state index contributed by atoms with van der Waals surface area (Å²) in [6.45, 7) is 2.40. The van der Waals surface area contributed by atoms with E-state index in [-0.39, 0.29) is 18.1 Å². The van der Waals surface area contributed by atoms with E-state index in [1.54, 1.807) is 30.3 Å². The summed E-state index contributed by atoms with van der Waals surface area (Å²) in [6.07, 6.45) is -4.78. The van der Waals surface area contributed by atoms with Crippen LogP contribution in [0, 0.1) is 5.82 Å². The molecule has 4 rings (SSSR count). The van der Waals surface area contributed by atoms with Gasteiger partial charge in [-0.15, -0.1) is 13.2 Å². The van der Waals surface area contributed by atoms with Crippen LogP contribution in [-0.2, 0) is 6.54 Å². The second-order valence-corrected chi connectivity index (χ2v) is 7.25. The molecule has 168 valence electrons. The highest BCUT2D eigenvalue weighted by atomic mass is 19.4. The molecule has 0 unspecified atom stereocenters. The summed E-state index contributed by atoms with van der Waals surface area (Å²) >= 11 is 0. The van der Waals surface area contributed by atoms with Gasteiger partial charge in [0, 0.05) is 38.3 Å². The number of hydrogen-bond acceptors (Lipinski definition) is 6. The van der Waals surface area contributed by atoms with Gasteiger partial charge >= 0.3 is 6.36 Å². The maximum absolute atomic E-state index is 14.1. The topological polar surface area (TPSA) is 67.5 Å². The molecule has 1 fully saturated rings. The van der Waals surface area contributed by atoms with Crippen LogP contribution < -0.4 is 20.3 Å². The van der Waals surface area contributed by atoms with Gasteiger partial charge in [0.15, 0.2) is 0 Å². The Labute approximate surface area is 182 Å². The van der Waals surface area contributed by atoms with Gasteiger partial charge in [0.1, 0.15) is 11.6 Å². The van der Waals surface area contributed by atoms with Crippen molar-refractivity contribution in [1.29, 1.82) is 0 Å². The number of alkyl halides is 3. The minimum absolute atomic E-state index is 0.149. The zero-order valence-corrected chi connectivity index (χ0v) is 17.0. The van der Waals surface area contributed by atoms with E-state index in [9.17, 15) is 17.6 Å². The number of piperazine rings is 1. The molecule has 1 aliphatic rings. The molecule has 0 amide bonds. The van der Waals surface area contributed by atoms with Gasteiger partial charge in [-0.1, -0.05) is 24.3 Å². The number of hydrogen-bond donors (Lipinski definition) is 1. The summed E-state index contributed by atoms with van der Waals surface area (Å²) in [5.41, 5.74) is 7.79. The number of nitrogens with two attached hydrogens (primary N) is 1. The van der Waals surface area contributed by atoms with Crippen molar-refractivity contribution in [3.05, 3.63) is 66.1 Å². The standard InChI is InChI=1S/C22H21F4N5O/c23-18-6-1-2-7-20(18)30-8-10-31(11-9-30)21-28-16(14-27)13-19(29-21)15-4-3-5-17(12-15)32-22(24,25)26/h1-7,12-13H,8-11,14,27H2. The fraction of sp³-hybridized carbons (Fsp3) is 0.273. The van der Waals surface area contributed by atoms with Crippen LogP contribution in [0.15, 0.2) is 54.6 Å². The van der Waals surface area contributed by atoms with Crippen LogP contribution in [0.3, 0.4) is 0 Å². The summed E-state index contributed by atoms with van der Waals surface area (Å²) in [4.78, 5) is 13.0. The lowest BCUT2D eigenvalue weighted by Crippen LogP contribution is -2.47. The molecule has 3 aromatic rings. The molecule has 1 saturated heterocycles. The van der Waals surface area contributed by atoms with Crippen LogP contribution >= 0.6 is 0 Å². The van der Waals surface area contributed by atoms with Gasteiger partial charge in [0.2, 0.25) is 5.95 Å². The number of anilines is 2. The molecule has 2 N–H and O–H groups in total. The average Bonchev–Trinajstić information content (AvgIpc) is 2.78. The van der Waals surface area contributed by atoms with Crippen LogP contribution in [-0.4, -0.2) is 42.5 Å². The molecule has 0 saturated carbocycles. The van der Waals surface area contributed by atoms with Gasteiger partial charge in [-0.3, -0.25) is 0 Å². The van der Waals surface area contributed by atoms with Crippen molar-refractivity contribution in [2.45, 2.75) is 12.9 Å². The van der Waals surface area contributed by atoms with E-state index in [1.807, 2.05) is 9.80 Å². The summed E-state index contributed by atoms with van der Waals surface area (Å²) in [7, 11) is 0. The van der Waals surface area contributed by atoms with Crippen LogP contribution in [0.1, 0.15) is 5.69 Å². The number of rotatable bonds is 5. The lowest BCUT2D eigenvalue weighted by atomic mass is 10.1. The maximum atomic E-state index is 14.1. The maximum Gasteiger partial charge on any atom is 0.573 e. The van der Waals surface area contributed by atoms with E-state index in [0.29, 0.717) is 54.8 Å². The predicted octanol–water partition coefficient (Wildman–Crippen LogP) is 3.97. The van der Waals surface area contributed by atoms with Gasteiger partial charge < -0.3 is 20.3 Å². The Morgan fingerprint density at radius 1 is 0.906 bits per heavy atom. The third-order valence-electron chi connectivity index (χ3n) is 5.10. The Kier molecular flexibility index (Phi) is 6.13. The highest BCUT2D eigenvalue weighted by Crippen LogP contribution is 2.29. The molecule has 10 heteroatoms. The fourth-order valence-corrected chi connectivity index (χ4v) is 3.59. The molecule has 2 aromatic carbocycles. The first-order valence-corrected chi connectivity index (χ1v) is 10.0. The molecular weight excluding hydrogens is 426 g/mol. The van der Waals surface area contributed by atoms with Gasteiger partial charge in [-0.2, -0.15) is 0 Å². The Morgan fingerprint density at radius 2 is 1.62 bits per heavy atom.